The lowest BCUT2D eigenvalue weighted by Crippen LogP contribution is -2.42. The Balaban J connectivity index is 1.92. The summed E-state index contributed by atoms with van der Waals surface area (Å²) in [5.41, 5.74) is 1.22. The number of likely N-dealkylation sites (tertiary alicyclic amines) is 1. The molecule has 5 heteroatoms. The lowest BCUT2D eigenvalue weighted by Gasteiger charge is -2.32. The summed E-state index contributed by atoms with van der Waals surface area (Å²) in [6.45, 7) is 2.84. The van der Waals surface area contributed by atoms with Gasteiger partial charge in [-0.15, -0.1) is 0 Å². The number of aryl methyl sites for hydroxylation is 1. The second-order valence-electron chi connectivity index (χ2n) is 5.33. The van der Waals surface area contributed by atoms with Gasteiger partial charge in [0, 0.05) is 46.0 Å². The normalized spacial score (nSPS) is 20.9. The molecule has 0 aromatic carbocycles. The van der Waals surface area contributed by atoms with Gasteiger partial charge in [-0.3, -0.25) is 14.4 Å². The Kier molecular flexibility index (Phi) is 4.01. The van der Waals surface area contributed by atoms with Crippen molar-refractivity contribution in [3.05, 3.63) is 18.0 Å². The molecule has 1 atom stereocenters. The molecule has 0 N–H and O–H groups in total. The van der Waals surface area contributed by atoms with E-state index >= 15 is 0 Å². The van der Waals surface area contributed by atoms with E-state index in [1.54, 1.807) is 4.90 Å². The average Bonchev–Trinajstić information content (AvgIpc) is 2.74. The summed E-state index contributed by atoms with van der Waals surface area (Å²) in [6.07, 6.45) is 6.06. The van der Waals surface area contributed by atoms with E-state index < -0.39 is 0 Å². The van der Waals surface area contributed by atoms with Crippen LogP contribution in [0, 0.1) is 5.92 Å². The van der Waals surface area contributed by atoms with Gasteiger partial charge in [0.15, 0.2) is 0 Å². The molecule has 1 aliphatic rings. The summed E-state index contributed by atoms with van der Waals surface area (Å²) in [5, 5.41) is 4.18. The number of rotatable bonds is 3. The third-order valence-electron chi connectivity index (χ3n) is 3.46. The number of hydrogen-bond acceptors (Lipinski definition) is 3. The van der Waals surface area contributed by atoms with Crippen molar-refractivity contribution in [1.82, 2.24) is 19.6 Å². The first-order chi connectivity index (χ1) is 8.56. The van der Waals surface area contributed by atoms with Crippen molar-refractivity contribution in [3.63, 3.8) is 0 Å². The van der Waals surface area contributed by atoms with Crippen LogP contribution < -0.4 is 0 Å². The fraction of sp³-hybridized carbons (Fsp3) is 0.692. The van der Waals surface area contributed by atoms with Crippen LogP contribution in [0.5, 0.6) is 0 Å². The van der Waals surface area contributed by atoms with Crippen molar-refractivity contribution in [2.24, 2.45) is 13.0 Å². The number of carbonyl (C=O) groups is 1. The summed E-state index contributed by atoms with van der Waals surface area (Å²) in [4.78, 5) is 16.0. The van der Waals surface area contributed by atoms with Crippen LogP contribution in [0.3, 0.4) is 0 Å². The molecule has 1 saturated heterocycles. The fourth-order valence-electron chi connectivity index (χ4n) is 2.58. The van der Waals surface area contributed by atoms with E-state index in [0.717, 1.165) is 32.5 Å². The number of carbonyl (C=O) groups excluding carboxylic acids is 1. The number of nitrogens with zero attached hydrogens (tertiary/aromatic N) is 4. The van der Waals surface area contributed by atoms with Gasteiger partial charge in [-0.05, 0) is 19.4 Å². The van der Waals surface area contributed by atoms with Gasteiger partial charge in [0.05, 0.1) is 12.1 Å². The van der Waals surface area contributed by atoms with Crippen LogP contribution in [0.1, 0.15) is 18.4 Å². The van der Waals surface area contributed by atoms with Gasteiger partial charge in [-0.2, -0.15) is 5.10 Å². The first-order valence-electron chi connectivity index (χ1n) is 6.47. The number of aromatic nitrogens is 2. The van der Waals surface area contributed by atoms with E-state index in [2.05, 4.69) is 10.00 Å². The molecule has 100 valence electrons. The molecule has 1 unspecified atom stereocenters. The predicted octanol–water partition coefficient (Wildman–Crippen LogP) is 0.720. The molecule has 1 amide bonds. The van der Waals surface area contributed by atoms with Crippen LogP contribution in [-0.4, -0.2) is 52.7 Å². The lowest BCUT2D eigenvalue weighted by atomic mass is 9.96. The minimum absolute atomic E-state index is 0.158. The van der Waals surface area contributed by atoms with Crippen LogP contribution in [-0.2, 0) is 18.4 Å². The molecule has 5 nitrogen and oxygen atoms in total. The Labute approximate surface area is 108 Å². The minimum atomic E-state index is 0.158. The zero-order valence-electron chi connectivity index (χ0n) is 11.5. The Morgan fingerprint density at radius 1 is 1.56 bits per heavy atom. The summed E-state index contributed by atoms with van der Waals surface area (Å²) in [6, 6.07) is 0. The van der Waals surface area contributed by atoms with Gasteiger partial charge in [0.25, 0.3) is 0 Å². The maximum Gasteiger partial charge on any atom is 0.226 e. The summed E-state index contributed by atoms with van der Waals surface area (Å²) in [7, 11) is 5.60. The molecule has 1 aromatic heterocycles. The third-order valence-corrected chi connectivity index (χ3v) is 3.46. The third kappa shape index (κ3) is 3.10. The molecule has 0 aliphatic carbocycles. The van der Waals surface area contributed by atoms with Crippen LogP contribution in [0.25, 0.3) is 0 Å². The van der Waals surface area contributed by atoms with Gasteiger partial charge in [-0.25, -0.2) is 0 Å². The molecular formula is C13H22N4O. The molecule has 2 heterocycles. The molecule has 0 saturated carbocycles. The predicted molar refractivity (Wildman–Crippen MR) is 69.9 cm³/mol. The van der Waals surface area contributed by atoms with Gasteiger partial charge >= 0.3 is 0 Å². The molecule has 1 aromatic rings. The van der Waals surface area contributed by atoms with Crippen molar-refractivity contribution >= 4 is 5.91 Å². The molecular weight excluding hydrogens is 228 g/mol. The van der Waals surface area contributed by atoms with Gasteiger partial charge in [0.2, 0.25) is 5.91 Å². The second-order valence-corrected chi connectivity index (χ2v) is 5.33. The largest absolute Gasteiger partial charge is 0.349 e. The van der Waals surface area contributed by atoms with Gasteiger partial charge < -0.3 is 4.90 Å². The SMILES string of the molecule is CN(C)C(=O)C1CCCN(Cc2cnn(C)c2)C1. The Morgan fingerprint density at radius 3 is 2.94 bits per heavy atom. The Morgan fingerprint density at radius 2 is 2.33 bits per heavy atom. The van der Waals surface area contributed by atoms with Crippen LogP contribution in [0.2, 0.25) is 0 Å². The number of hydrogen-bond donors (Lipinski definition) is 0. The van der Waals surface area contributed by atoms with Crippen molar-refractivity contribution in [2.45, 2.75) is 19.4 Å². The highest BCUT2D eigenvalue weighted by atomic mass is 16.2. The van der Waals surface area contributed by atoms with Crippen LogP contribution >= 0.6 is 0 Å². The van der Waals surface area contributed by atoms with Crippen molar-refractivity contribution in [3.8, 4) is 0 Å². The first kappa shape index (κ1) is 13.1. The van der Waals surface area contributed by atoms with E-state index in [1.165, 1.54) is 5.56 Å². The molecule has 0 spiro atoms. The zero-order chi connectivity index (χ0) is 13.1. The maximum atomic E-state index is 12.0. The summed E-state index contributed by atoms with van der Waals surface area (Å²) < 4.78 is 1.82. The van der Waals surface area contributed by atoms with E-state index in [4.69, 9.17) is 0 Å². The van der Waals surface area contributed by atoms with Gasteiger partial charge in [0.1, 0.15) is 0 Å². The second kappa shape index (κ2) is 5.52. The molecule has 1 fully saturated rings. The molecule has 1 aliphatic heterocycles. The van der Waals surface area contributed by atoms with Crippen molar-refractivity contribution < 1.29 is 4.79 Å². The highest BCUT2D eigenvalue weighted by molar-refractivity contribution is 5.78. The highest BCUT2D eigenvalue weighted by Gasteiger charge is 2.26. The molecule has 0 bridgehead atoms. The van der Waals surface area contributed by atoms with E-state index in [9.17, 15) is 4.79 Å². The quantitative estimate of drug-likeness (QED) is 0.794. The molecule has 0 radical (unpaired) electrons. The van der Waals surface area contributed by atoms with Gasteiger partial charge in [-0.1, -0.05) is 0 Å². The minimum Gasteiger partial charge on any atom is -0.349 e. The fourth-order valence-corrected chi connectivity index (χ4v) is 2.58. The first-order valence-corrected chi connectivity index (χ1v) is 6.47. The topological polar surface area (TPSA) is 41.4 Å². The highest BCUT2D eigenvalue weighted by Crippen LogP contribution is 2.19. The lowest BCUT2D eigenvalue weighted by molar-refractivity contribution is -0.134. The monoisotopic (exact) mass is 250 g/mol. The van der Waals surface area contributed by atoms with E-state index in [-0.39, 0.29) is 11.8 Å². The number of amides is 1. The van der Waals surface area contributed by atoms with Crippen molar-refractivity contribution in [2.75, 3.05) is 27.2 Å². The molecule has 2 rings (SSSR count). The zero-order valence-corrected chi connectivity index (χ0v) is 11.5. The van der Waals surface area contributed by atoms with Crippen molar-refractivity contribution in [1.29, 1.82) is 0 Å². The summed E-state index contributed by atoms with van der Waals surface area (Å²) >= 11 is 0. The smallest absolute Gasteiger partial charge is 0.226 e. The molecule has 18 heavy (non-hydrogen) atoms. The average molecular weight is 250 g/mol. The Hall–Kier alpha value is -1.36. The van der Waals surface area contributed by atoms with Crippen LogP contribution in [0.4, 0.5) is 0 Å². The standard InChI is InChI=1S/C13H22N4O/c1-15(2)13(18)12-5-4-6-17(10-12)9-11-7-14-16(3)8-11/h7-8,12H,4-6,9-10H2,1-3H3. The van der Waals surface area contributed by atoms with E-state index in [1.807, 2.05) is 38.2 Å². The number of piperidine rings is 1. The summed E-state index contributed by atoms with van der Waals surface area (Å²) in [5.74, 6) is 0.413. The van der Waals surface area contributed by atoms with Crippen LogP contribution in [0.15, 0.2) is 12.4 Å². The Bertz CT molecular complexity index is 413. The van der Waals surface area contributed by atoms with E-state index in [0.29, 0.717) is 0 Å². The maximum absolute atomic E-state index is 12.0.